The monoisotopic (exact) mass is 267 g/mol. The second kappa shape index (κ2) is 6.16. The number of likely N-dealkylation sites (tertiary alicyclic amines) is 1. The van der Waals surface area contributed by atoms with Crippen molar-refractivity contribution in [3.8, 4) is 0 Å². The normalized spacial score (nSPS) is 17.8. The largest absolute Gasteiger partial charge is 0.370 e. The fourth-order valence-corrected chi connectivity index (χ4v) is 2.59. The predicted octanol–water partition coefficient (Wildman–Crippen LogP) is 1.82. The maximum absolute atomic E-state index is 10.9. The van der Waals surface area contributed by atoms with Crippen LogP contribution in [0.25, 0.3) is 0 Å². The standard InChI is InChI=1S/C13H18ClN3O/c14-13-11(2-1-5-16-13)9-17-6-3-10(4-7-17)8-12(15)18/h1-2,5,10H,3-4,6-9H2,(H2,15,18). The Morgan fingerprint density at radius 2 is 2.22 bits per heavy atom. The number of pyridine rings is 1. The molecule has 0 radical (unpaired) electrons. The number of hydrogen-bond acceptors (Lipinski definition) is 3. The van der Waals surface area contributed by atoms with E-state index in [1.54, 1.807) is 6.20 Å². The van der Waals surface area contributed by atoms with Crippen LogP contribution in [0.5, 0.6) is 0 Å². The van der Waals surface area contributed by atoms with Crippen LogP contribution in [0, 0.1) is 5.92 Å². The van der Waals surface area contributed by atoms with E-state index in [2.05, 4.69) is 9.88 Å². The summed E-state index contributed by atoms with van der Waals surface area (Å²) in [5, 5.41) is 0.580. The summed E-state index contributed by atoms with van der Waals surface area (Å²) in [5.74, 6) is 0.256. The summed E-state index contributed by atoms with van der Waals surface area (Å²) in [7, 11) is 0. The van der Waals surface area contributed by atoms with Gasteiger partial charge in [0.15, 0.2) is 0 Å². The molecular formula is C13H18ClN3O. The number of amides is 1. The summed E-state index contributed by atoms with van der Waals surface area (Å²) < 4.78 is 0. The van der Waals surface area contributed by atoms with Crippen LogP contribution in [0.1, 0.15) is 24.8 Å². The number of carbonyl (C=O) groups is 1. The molecule has 0 spiro atoms. The van der Waals surface area contributed by atoms with Crippen molar-refractivity contribution in [2.75, 3.05) is 13.1 Å². The lowest BCUT2D eigenvalue weighted by molar-refractivity contribution is -0.119. The minimum Gasteiger partial charge on any atom is -0.370 e. The van der Waals surface area contributed by atoms with Gasteiger partial charge in [0.25, 0.3) is 0 Å². The second-order valence-electron chi connectivity index (χ2n) is 4.84. The third-order valence-electron chi connectivity index (χ3n) is 3.43. The SMILES string of the molecule is NC(=O)CC1CCN(Cc2cccnc2Cl)CC1. The predicted molar refractivity (Wildman–Crippen MR) is 71.1 cm³/mol. The van der Waals surface area contributed by atoms with Crippen LogP contribution in [0.15, 0.2) is 18.3 Å². The molecule has 1 aliphatic rings. The van der Waals surface area contributed by atoms with E-state index in [4.69, 9.17) is 17.3 Å². The molecule has 0 atom stereocenters. The highest BCUT2D eigenvalue weighted by molar-refractivity contribution is 6.30. The molecule has 1 aromatic heterocycles. The molecule has 0 unspecified atom stereocenters. The molecule has 1 amide bonds. The molecule has 2 heterocycles. The molecule has 4 nitrogen and oxygen atoms in total. The molecule has 2 N–H and O–H groups in total. The third-order valence-corrected chi connectivity index (χ3v) is 3.77. The zero-order valence-corrected chi connectivity index (χ0v) is 11.1. The van der Waals surface area contributed by atoms with E-state index in [9.17, 15) is 4.79 Å². The molecule has 1 saturated heterocycles. The van der Waals surface area contributed by atoms with Gasteiger partial charge in [0.1, 0.15) is 5.15 Å². The first kappa shape index (κ1) is 13.3. The molecule has 0 saturated carbocycles. The van der Waals surface area contributed by atoms with Crippen LogP contribution in [-0.2, 0) is 11.3 Å². The summed E-state index contributed by atoms with van der Waals surface area (Å²) in [5.41, 5.74) is 6.29. The lowest BCUT2D eigenvalue weighted by Gasteiger charge is -2.31. The summed E-state index contributed by atoms with van der Waals surface area (Å²) in [6.45, 7) is 2.81. The van der Waals surface area contributed by atoms with Crippen molar-refractivity contribution < 1.29 is 4.79 Å². The van der Waals surface area contributed by atoms with Gasteiger partial charge in [-0.3, -0.25) is 9.69 Å². The van der Waals surface area contributed by atoms with Crippen molar-refractivity contribution in [2.45, 2.75) is 25.8 Å². The van der Waals surface area contributed by atoms with E-state index >= 15 is 0 Å². The molecule has 0 aliphatic carbocycles. The number of nitrogens with two attached hydrogens (primary N) is 1. The first-order valence-corrected chi connectivity index (χ1v) is 6.63. The molecule has 18 heavy (non-hydrogen) atoms. The Balaban J connectivity index is 1.84. The Labute approximate surface area is 112 Å². The molecule has 2 rings (SSSR count). The summed E-state index contributed by atoms with van der Waals surface area (Å²) in [6, 6.07) is 3.91. The average Bonchev–Trinajstić information content (AvgIpc) is 2.34. The fourth-order valence-electron chi connectivity index (χ4n) is 2.41. The summed E-state index contributed by atoms with van der Waals surface area (Å²) >= 11 is 6.04. The van der Waals surface area contributed by atoms with Crippen LogP contribution in [0.3, 0.4) is 0 Å². The van der Waals surface area contributed by atoms with Crippen molar-refractivity contribution in [1.29, 1.82) is 0 Å². The van der Waals surface area contributed by atoms with Gasteiger partial charge < -0.3 is 5.73 Å². The van der Waals surface area contributed by atoms with Crippen molar-refractivity contribution >= 4 is 17.5 Å². The molecular weight excluding hydrogens is 250 g/mol. The maximum atomic E-state index is 10.9. The number of halogens is 1. The van der Waals surface area contributed by atoms with Crippen LogP contribution < -0.4 is 5.73 Å². The summed E-state index contributed by atoms with van der Waals surface area (Å²) in [6.07, 6.45) is 4.27. The second-order valence-corrected chi connectivity index (χ2v) is 5.20. The van der Waals surface area contributed by atoms with Crippen molar-refractivity contribution in [1.82, 2.24) is 9.88 Å². The van der Waals surface area contributed by atoms with E-state index in [1.807, 2.05) is 12.1 Å². The minimum absolute atomic E-state index is 0.191. The molecule has 98 valence electrons. The highest BCUT2D eigenvalue weighted by atomic mass is 35.5. The van der Waals surface area contributed by atoms with E-state index in [-0.39, 0.29) is 5.91 Å². The van der Waals surface area contributed by atoms with Gasteiger partial charge in [-0.15, -0.1) is 0 Å². The maximum Gasteiger partial charge on any atom is 0.217 e. The Morgan fingerprint density at radius 1 is 1.50 bits per heavy atom. The van der Waals surface area contributed by atoms with Crippen LogP contribution in [-0.4, -0.2) is 28.9 Å². The van der Waals surface area contributed by atoms with E-state index in [0.717, 1.165) is 38.0 Å². The van der Waals surface area contributed by atoms with Crippen molar-refractivity contribution in [3.63, 3.8) is 0 Å². The highest BCUT2D eigenvalue weighted by Gasteiger charge is 2.21. The van der Waals surface area contributed by atoms with Gasteiger partial charge in [0.2, 0.25) is 5.91 Å². The quantitative estimate of drug-likeness (QED) is 0.847. The van der Waals surface area contributed by atoms with E-state index in [0.29, 0.717) is 17.5 Å². The number of primary amides is 1. The summed E-state index contributed by atoms with van der Waals surface area (Å²) in [4.78, 5) is 17.3. The lowest BCUT2D eigenvalue weighted by atomic mass is 9.93. The number of piperidine rings is 1. The molecule has 0 bridgehead atoms. The first-order chi connectivity index (χ1) is 8.65. The van der Waals surface area contributed by atoms with E-state index < -0.39 is 0 Å². The minimum atomic E-state index is -0.191. The fraction of sp³-hybridized carbons (Fsp3) is 0.538. The first-order valence-electron chi connectivity index (χ1n) is 6.25. The molecule has 5 heteroatoms. The number of rotatable bonds is 4. The zero-order chi connectivity index (χ0) is 13.0. The highest BCUT2D eigenvalue weighted by Crippen LogP contribution is 2.22. The van der Waals surface area contributed by atoms with E-state index in [1.165, 1.54) is 0 Å². The average molecular weight is 268 g/mol. The molecule has 1 fully saturated rings. The van der Waals surface area contributed by atoms with Gasteiger partial charge in [-0.1, -0.05) is 17.7 Å². The van der Waals surface area contributed by atoms with Crippen LogP contribution in [0.4, 0.5) is 0 Å². The Kier molecular flexibility index (Phi) is 4.55. The molecule has 0 aromatic carbocycles. The number of nitrogens with zero attached hydrogens (tertiary/aromatic N) is 2. The van der Waals surface area contributed by atoms with Gasteiger partial charge in [-0.05, 0) is 37.9 Å². The van der Waals surface area contributed by atoms with Gasteiger partial charge >= 0.3 is 0 Å². The third kappa shape index (κ3) is 3.68. The van der Waals surface area contributed by atoms with Gasteiger partial charge in [0.05, 0.1) is 0 Å². The van der Waals surface area contributed by atoms with Gasteiger partial charge in [-0.25, -0.2) is 4.98 Å². The Hall–Kier alpha value is -1.13. The zero-order valence-electron chi connectivity index (χ0n) is 10.3. The number of carbonyl (C=O) groups excluding carboxylic acids is 1. The van der Waals surface area contributed by atoms with Crippen LogP contribution >= 0.6 is 11.6 Å². The number of hydrogen-bond donors (Lipinski definition) is 1. The lowest BCUT2D eigenvalue weighted by Crippen LogP contribution is -2.34. The topological polar surface area (TPSA) is 59.2 Å². The smallest absolute Gasteiger partial charge is 0.217 e. The Bertz CT molecular complexity index is 416. The van der Waals surface area contributed by atoms with Gasteiger partial charge in [-0.2, -0.15) is 0 Å². The molecule has 1 aliphatic heterocycles. The van der Waals surface area contributed by atoms with Crippen molar-refractivity contribution in [3.05, 3.63) is 29.0 Å². The molecule has 1 aromatic rings. The number of aromatic nitrogens is 1. The van der Waals surface area contributed by atoms with Crippen molar-refractivity contribution in [2.24, 2.45) is 11.7 Å². The van der Waals surface area contributed by atoms with Gasteiger partial charge in [0, 0.05) is 24.7 Å². The Morgan fingerprint density at radius 3 is 2.83 bits per heavy atom. The van der Waals surface area contributed by atoms with Crippen LogP contribution in [0.2, 0.25) is 5.15 Å².